The van der Waals surface area contributed by atoms with Gasteiger partial charge in [0.05, 0.1) is 18.6 Å². The van der Waals surface area contributed by atoms with Crippen LogP contribution >= 0.6 is 0 Å². The number of carbonyl (C=O) groups is 3. The Morgan fingerprint density at radius 2 is 1.73 bits per heavy atom. The molecule has 252 valence electrons. The predicted octanol–water partition coefficient (Wildman–Crippen LogP) is 2.80. The van der Waals surface area contributed by atoms with E-state index < -0.39 is 66.9 Å². The molecule has 0 aliphatic carbocycles. The number of ether oxygens (including phenoxy) is 7. The largest absolute Gasteiger partial charge is 0.462 e. The second-order valence-corrected chi connectivity index (χ2v) is 12.0. The van der Waals surface area contributed by atoms with Crippen molar-refractivity contribution in [1.82, 2.24) is 4.90 Å². The van der Waals surface area contributed by atoms with Gasteiger partial charge in [0, 0.05) is 53.1 Å². The highest BCUT2D eigenvalue weighted by Gasteiger charge is 2.46. The molecule has 0 aromatic heterocycles. The third-order valence-electron chi connectivity index (χ3n) is 8.15. The summed E-state index contributed by atoms with van der Waals surface area (Å²) < 4.78 is 41.1. The third-order valence-corrected chi connectivity index (χ3v) is 8.15. The number of hydrogen-bond donors (Lipinski definition) is 1. The fourth-order valence-corrected chi connectivity index (χ4v) is 5.82. The molecule has 1 saturated heterocycles. The highest BCUT2D eigenvalue weighted by Crippen LogP contribution is 2.34. The van der Waals surface area contributed by atoms with E-state index in [2.05, 4.69) is 0 Å². The molecule has 0 bridgehead atoms. The molecule has 1 fully saturated rings. The Bertz CT molecular complexity index is 966. The lowest BCUT2D eigenvalue weighted by atomic mass is 9.82. The number of allylic oxidation sites excluding steroid dienone is 3. The number of likely N-dealkylation sites (N-methyl/N-ethyl adjacent to an activating group) is 1. The lowest BCUT2D eigenvalue weighted by Crippen LogP contribution is -2.57. The van der Waals surface area contributed by atoms with Crippen LogP contribution < -0.4 is 0 Å². The maximum atomic E-state index is 13.2. The summed E-state index contributed by atoms with van der Waals surface area (Å²) in [6.07, 6.45) is 1.35. The van der Waals surface area contributed by atoms with E-state index in [4.69, 9.17) is 33.2 Å². The highest BCUT2D eigenvalue weighted by atomic mass is 16.7. The van der Waals surface area contributed by atoms with Crippen molar-refractivity contribution in [3.8, 4) is 0 Å². The second-order valence-electron chi connectivity index (χ2n) is 12.0. The van der Waals surface area contributed by atoms with Crippen LogP contribution in [0, 0.1) is 11.8 Å². The van der Waals surface area contributed by atoms with Gasteiger partial charge in [-0.25, -0.2) is 0 Å². The standard InChI is InChI=1S/C32H53NO11/c1-19-15-23(17-28(38-7)39-8)30(44-32-29(37)24(33(5)6)16-21(3)42-32)31(40-9)26(43-22(4)34)18-27(36)41-20(2)13-11-10-12-14-25(19)35/h10-12,14,19-21,23-24,26,28-32,37H,13,15-18H2,1-9H3/b11-10+,14-12+/t19-,20-,21-,23-,24+,26-,29-,30+,31+,32+/m1/s1. The number of cyclic esters (lactones) is 1. The predicted molar refractivity (Wildman–Crippen MR) is 161 cm³/mol. The average Bonchev–Trinajstić information content (AvgIpc) is 2.95. The fourth-order valence-electron chi connectivity index (χ4n) is 5.82. The Labute approximate surface area is 261 Å². The molecule has 0 unspecified atom stereocenters. The van der Waals surface area contributed by atoms with Gasteiger partial charge in [0.2, 0.25) is 0 Å². The Kier molecular flexibility index (Phi) is 16.1. The van der Waals surface area contributed by atoms with Crippen LogP contribution in [0.3, 0.4) is 0 Å². The first-order chi connectivity index (χ1) is 20.8. The minimum atomic E-state index is -1.12. The Morgan fingerprint density at radius 1 is 1.05 bits per heavy atom. The summed E-state index contributed by atoms with van der Waals surface area (Å²) in [6.45, 7) is 6.71. The van der Waals surface area contributed by atoms with Gasteiger partial charge >= 0.3 is 11.9 Å². The van der Waals surface area contributed by atoms with Gasteiger partial charge in [-0.05, 0) is 52.8 Å². The summed E-state index contributed by atoms with van der Waals surface area (Å²) in [6, 6.07) is -0.264. The van der Waals surface area contributed by atoms with Crippen molar-refractivity contribution in [3.05, 3.63) is 24.3 Å². The quantitative estimate of drug-likeness (QED) is 0.297. The molecule has 12 heteroatoms. The summed E-state index contributed by atoms with van der Waals surface area (Å²) in [5.74, 6) is -2.28. The van der Waals surface area contributed by atoms with Crippen molar-refractivity contribution in [3.63, 3.8) is 0 Å². The normalized spacial score (nSPS) is 36.2. The summed E-state index contributed by atoms with van der Waals surface area (Å²) >= 11 is 0. The Balaban J connectivity index is 2.68. The number of rotatable bonds is 9. The molecule has 0 spiro atoms. The molecule has 44 heavy (non-hydrogen) atoms. The SMILES string of the molecule is COC(C[C@H]1C[C@@H](C)C(=O)/C=C/C=C/C[C@@H](C)OC(=O)C[C@@H](OC(C)=O)[C@H](OC)[C@H]1O[C@@H]1O[C@H](C)C[C@H](N(C)C)[C@H]1O)OC. The zero-order valence-corrected chi connectivity index (χ0v) is 27.7. The van der Waals surface area contributed by atoms with E-state index in [-0.39, 0.29) is 30.8 Å². The van der Waals surface area contributed by atoms with Crippen LogP contribution in [0.2, 0.25) is 0 Å². The van der Waals surface area contributed by atoms with Gasteiger partial charge in [-0.15, -0.1) is 0 Å². The van der Waals surface area contributed by atoms with E-state index in [0.717, 1.165) is 0 Å². The van der Waals surface area contributed by atoms with Crippen molar-refractivity contribution in [2.24, 2.45) is 11.8 Å². The highest BCUT2D eigenvalue weighted by molar-refractivity contribution is 5.91. The molecule has 2 rings (SSSR count). The van der Waals surface area contributed by atoms with Gasteiger partial charge < -0.3 is 43.2 Å². The minimum Gasteiger partial charge on any atom is -0.462 e. The van der Waals surface area contributed by atoms with Crippen LogP contribution in [0.15, 0.2) is 24.3 Å². The molecule has 0 aromatic rings. The number of methoxy groups -OCH3 is 3. The number of ketones is 1. The van der Waals surface area contributed by atoms with Crippen LogP contribution in [-0.2, 0) is 47.5 Å². The van der Waals surface area contributed by atoms with Gasteiger partial charge in [0.25, 0.3) is 0 Å². The van der Waals surface area contributed by atoms with Crippen molar-refractivity contribution in [2.45, 2.75) is 115 Å². The molecule has 10 atom stereocenters. The number of nitrogens with zero attached hydrogens (tertiary/aromatic N) is 1. The first-order valence-electron chi connectivity index (χ1n) is 15.3. The number of aliphatic hydroxyl groups is 1. The van der Waals surface area contributed by atoms with Crippen molar-refractivity contribution in [2.75, 3.05) is 35.4 Å². The molecule has 2 heterocycles. The summed E-state index contributed by atoms with van der Waals surface area (Å²) in [4.78, 5) is 40.5. The van der Waals surface area contributed by atoms with Crippen LogP contribution in [0.4, 0.5) is 0 Å². The van der Waals surface area contributed by atoms with Crippen LogP contribution in [0.5, 0.6) is 0 Å². The maximum Gasteiger partial charge on any atom is 0.309 e. The molecule has 0 aromatic carbocycles. The van der Waals surface area contributed by atoms with E-state index in [0.29, 0.717) is 19.3 Å². The second kappa shape index (κ2) is 18.7. The molecule has 1 N–H and O–H groups in total. The number of carbonyl (C=O) groups excluding carboxylic acids is 3. The van der Waals surface area contributed by atoms with Crippen molar-refractivity contribution < 1.29 is 52.6 Å². The zero-order valence-electron chi connectivity index (χ0n) is 27.7. The van der Waals surface area contributed by atoms with Gasteiger partial charge in [-0.2, -0.15) is 0 Å². The van der Waals surface area contributed by atoms with Crippen molar-refractivity contribution >= 4 is 17.7 Å². The van der Waals surface area contributed by atoms with Gasteiger partial charge in [-0.3, -0.25) is 14.4 Å². The van der Waals surface area contributed by atoms with Crippen LogP contribution in [-0.4, -0.2) is 118 Å². The van der Waals surface area contributed by atoms with Crippen LogP contribution in [0.25, 0.3) is 0 Å². The molecular formula is C32H53NO11. The minimum absolute atomic E-state index is 0.0999. The topological polar surface area (TPSA) is 139 Å². The van der Waals surface area contributed by atoms with Gasteiger partial charge in [0.15, 0.2) is 18.4 Å². The molecule has 0 saturated carbocycles. The van der Waals surface area contributed by atoms with Gasteiger partial charge in [-0.1, -0.05) is 25.2 Å². The maximum absolute atomic E-state index is 13.2. The summed E-state index contributed by atoms with van der Waals surface area (Å²) in [5, 5.41) is 11.4. The van der Waals surface area contributed by atoms with E-state index in [1.807, 2.05) is 38.9 Å². The molecular weight excluding hydrogens is 574 g/mol. The van der Waals surface area contributed by atoms with E-state index in [1.54, 1.807) is 19.1 Å². The first-order valence-corrected chi connectivity index (χ1v) is 15.3. The molecule has 0 radical (unpaired) electrons. The monoisotopic (exact) mass is 627 g/mol. The van der Waals surface area contributed by atoms with Crippen LogP contribution in [0.1, 0.15) is 59.8 Å². The lowest BCUT2D eigenvalue weighted by molar-refractivity contribution is -0.293. The van der Waals surface area contributed by atoms with E-state index in [1.165, 1.54) is 34.3 Å². The molecule has 12 nitrogen and oxygen atoms in total. The first kappa shape index (κ1) is 38.0. The smallest absolute Gasteiger partial charge is 0.309 e. The third kappa shape index (κ3) is 11.6. The fraction of sp³-hybridized carbons (Fsp3) is 0.781. The number of aliphatic hydroxyl groups excluding tert-OH is 1. The summed E-state index contributed by atoms with van der Waals surface area (Å²) in [5.41, 5.74) is 0. The Morgan fingerprint density at radius 3 is 2.32 bits per heavy atom. The van der Waals surface area contributed by atoms with E-state index >= 15 is 0 Å². The van der Waals surface area contributed by atoms with Crippen molar-refractivity contribution in [1.29, 1.82) is 0 Å². The lowest BCUT2D eigenvalue weighted by Gasteiger charge is -2.45. The zero-order chi connectivity index (χ0) is 33.0. The number of esters is 2. The molecule has 2 aliphatic heterocycles. The molecule has 0 amide bonds. The average molecular weight is 628 g/mol. The summed E-state index contributed by atoms with van der Waals surface area (Å²) in [7, 11) is 8.19. The van der Waals surface area contributed by atoms with Gasteiger partial charge in [0.1, 0.15) is 24.4 Å². The molecule has 2 aliphatic rings. The number of hydrogen-bond acceptors (Lipinski definition) is 12. The Hall–Kier alpha value is -2.19. The van der Waals surface area contributed by atoms with E-state index in [9.17, 15) is 19.5 Å².